The highest BCUT2D eigenvalue weighted by atomic mass is 35.5. The molecule has 1 aliphatic rings. The van der Waals surface area contributed by atoms with Crippen LogP contribution >= 0.6 is 22.9 Å². The number of benzene rings is 6. The molecule has 0 radical (unpaired) electrons. The van der Waals surface area contributed by atoms with Crippen molar-refractivity contribution in [3.8, 4) is 0 Å². The van der Waals surface area contributed by atoms with E-state index in [0.29, 0.717) is 43.8 Å². The number of nitrogens with one attached hydrogen (secondary N) is 4. The Kier molecular flexibility index (Phi) is 26.8. The molecule has 2 heterocycles. The summed E-state index contributed by atoms with van der Waals surface area (Å²) in [5, 5.41) is 40.3. The zero-order valence-corrected chi connectivity index (χ0v) is 53.8. The molecule has 8 aromatic rings. The molecule has 0 amide bonds. The predicted octanol–water partition coefficient (Wildman–Crippen LogP) is 21.1. The lowest BCUT2D eigenvalue weighted by Gasteiger charge is -2.23. The largest absolute Gasteiger partial charge is 0.388 e. The summed E-state index contributed by atoms with van der Waals surface area (Å²) >= 11 is 7.45. The van der Waals surface area contributed by atoms with Crippen LogP contribution in [0.2, 0.25) is 5.02 Å². The van der Waals surface area contributed by atoms with Crippen LogP contribution in [0.4, 0.5) is 50.6 Å². The Morgan fingerprint density at radius 1 is 0.552 bits per heavy atom. The van der Waals surface area contributed by atoms with Crippen LogP contribution in [0, 0.1) is 6.92 Å². The molecule has 15 nitrogen and oxygen atoms in total. The van der Waals surface area contributed by atoms with Gasteiger partial charge in [-0.25, -0.2) is 4.98 Å². The lowest BCUT2D eigenvalue weighted by atomic mass is 9.82. The van der Waals surface area contributed by atoms with Crippen LogP contribution in [-0.4, -0.2) is 46.5 Å². The van der Waals surface area contributed by atoms with Crippen LogP contribution in [0.25, 0.3) is 10.2 Å². The Balaban J connectivity index is 0.000000192. The molecule has 6 aromatic carbocycles. The number of hydrogen-bond donors (Lipinski definition) is 4. The van der Waals surface area contributed by atoms with Gasteiger partial charge in [-0.05, 0) is 160 Å². The molecule has 4 N–H and O–H groups in total. The zero-order chi connectivity index (χ0) is 61.9. The van der Waals surface area contributed by atoms with Gasteiger partial charge in [0.25, 0.3) is 5.56 Å². The number of nitrogens with zero attached hydrogens (tertiary/aromatic N) is 8. The molecule has 0 spiro atoms. The Labute approximate surface area is 523 Å². The topological polar surface area (TPSA) is 195 Å². The maximum absolute atomic E-state index is 13.5. The number of rotatable bonds is 29. The Morgan fingerprint density at radius 2 is 1.13 bits per heavy atom. The summed E-state index contributed by atoms with van der Waals surface area (Å²) < 4.78 is 2.47. The molecule has 0 fully saturated rings. The first kappa shape index (κ1) is 66.6. The van der Waals surface area contributed by atoms with Crippen LogP contribution < -0.4 is 21.5 Å². The molecule has 0 unspecified atom stereocenters. The Hall–Kier alpha value is -7.95. The van der Waals surface area contributed by atoms with Crippen LogP contribution in [0.3, 0.4) is 0 Å². The quantitative estimate of drug-likeness (QED) is 0.0264. The number of carbonyl (C=O) groups is 2. The van der Waals surface area contributed by atoms with Gasteiger partial charge >= 0.3 is 0 Å². The van der Waals surface area contributed by atoms with Gasteiger partial charge in [0, 0.05) is 60.4 Å². The molecular weight excluding hydrogens is 1120 g/mol. The van der Waals surface area contributed by atoms with Crippen molar-refractivity contribution in [1.29, 1.82) is 0 Å². The number of hydrogen-bond acceptors (Lipinski definition) is 14. The number of aromatic nitrogens is 3. The second-order valence-electron chi connectivity index (χ2n) is 22.0. The SMILES string of the molecule is CCCCCCNc1cccc2c1C(=O)c1c(NCCCCCC)cccc1C2=O.CCCCCc1[nH]n(C)c(=O)c1N=Nc1ccc(N=Nc2ccc(CCCC)c(CCCC)c2)cc1.CNc1ccc(N=Nc2nc3ccc(Cl)cc3s2)c(C)c1. The van der Waals surface area contributed by atoms with Crippen LogP contribution in [0.5, 0.6) is 0 Å². The van der Waals surface area contributed by atoms with E-state index >= 15 is 0 Å². The number of anilines is 3. The van der Waals surface area contributed by atoms with Gasteiger partial charge in [-0.2, -0.15) is 15.3 Å². The zero-order valence-electron chi connectivity index (χ0n) is 52.2. The molecule has 0 saturated carbocycles. The molecule has 0 saturated heterocycles. The maximum atomic E-state index is 13.5. The summed E-state index contributed by atoms with van der Waals surface area (Å²) in [5.41, 5.74) is 13.6. The van der Waals surface area contributed by atoms with E-state index in [1.165, 1.54) is 91.4 Å². The number of fused-ring (bicyclic) bond motifs is 3. The van der Waals surface area contributed by atoms with Crippen molar-refractivity contribution in [2.24, 2.45) is 37.7 Å². The van der Waals surface area contributed by atoms with Crippen molar-refractivity contribution < 1.29 is 9.59 Å². The number of carbonyl (C=O) groups excluding carboxylic acids is 2. The van der Waals surface area contributed by atoms with E-state index in [1.54, 1.807) is 19.2 Å². The predicted molar refractivity (Wildman–Crippen MR) is 362 cm³/mol. The normalized spacial score (nSPS) is 11.9. The van der Waals surface area contributed by atoms with E-state index in [4.69, 9.17) is 11.6 Å². The molecule has 2 aromatic heterocycles. The second kappa shape index (κ2) is 35.0. The smallest absolute Gasteiger partial charge is 0.294 e. The third-order valence-corrected chi connectivity index (χ3v) is 16.3. The van der Waals surface area contributed by atoms with Gasteiger partial charge < -0.3 is 16.0 Å². The van der Waals surface area contributed by atoms with Gasteiger partial charge in [0.15, 0.2) is 17.3 Å². The fraction of sp³-hybridized carbons (Fsp3) is 0.400. The molecule has 17 heteroatoms. The highest BCUT2D eigenvalue weighted by Crippen LogP contribution is 2.37. The van der Waals surface area contributed by atoms with Gasteiger partial charge in [-0.15, -0.1) is 15.3 Å². The van der Waals surface area contributed by atoms with E-state index in [-0.39, 0.29) is 17.1 Å². The molecule has 0 aliphatic heterocycles. The van der Waals surface area contributed by atoms with E-state index in [2.05, 4.69) is 110 Å². The maximum Gasteiger partial charge on any atom is 0.294 e. The average molecular weight is 1210 g/mol. The number of thiazole rings is 1. The molecule has 458 valence electrons. The minimum atomic E-state index is -0.158. The molecular formula is C70H87ClN12O3S. The standard InChI is InChI=1S/C29H40N6O.C26H34N2O2.C15H13ClN4S/c1-5-8-11-14-27-28(29(36)35(4)34-27)33-31-25-19-17-24(18-20-25)30-32-26-16-15-22(12-9-6-2)23(21-26)13-10-7-3;1-3-5-7-9-17-27-21-15-11-13-19-23(21)26(30)24-20(25(19)29)14-12-16-22(24)28-18-10-8-6-4-2;1-9-7-11(17-2)4-6-12(9)19-20-15-18-13-5-3-10(16)8-14(13)21-15/h15-21,34H,5-14H2,1-4H3;11-16,27-28H,3-10,17-18H2,1-2H3;3-8,17H,1-2H3. The molecule has 0 bridgehead atoms. The number of ketones is 2. The van der Waals surface area contributed by atoms with Crippen molar-refractivity contribution >= 4 is 95.4 Å². The van der Waals surface area contributed by atoms with E-state index in [1.807, 2.05) is 98.9 Å². The summed E-state index contributed by atoms with van der Waals surface area (Å²) in [7, 11) is 3.60. The van der Waals surface area contributed by atoms with Crippen molar-refractivity contribution in [2.75, 3.05) is 36.1 Å². The van der Waals surface area contributed by atoms with E-state index in [0.717, 1.165) is 120 Å². The second-order valence-corrected chi connectivity index (χ2v) is 23.4. The van der Waals surface area contributed by atoms with Gasteiger partial charge in [0.1, 0.15) is 0 Å². The highest BCUT2D eigenvalue weighted by molar-refractivity contribution is 7.22. The Morgan fingerprint density at radius 3 is 1.72 bits per heavy atom. The molecule has 1 aliphatic carbocycles. The molecule has 0 atom stereocenters. The summed E-state index contributed by atoms with van der Waals surface area (Å²) in [6.07, 6.45) is 20.3. The summed E-state index contributed by atoms with van der Waals surface area (Å²) in [6, 6.07) is 36.5. The van der Waals surface area contributed by atoms with Gasteiger partial charge in [-0.3, -0.25) is 24.2 Å². The fourth-order valence-corrected chi connectivity index (χ4v) is 11.2. The van der Waals surface area contributed by atoms with Gasteiger partial charge in [0.2, 0.25) is 5.13 Å². The molecule has 87 heavy (non-hydrogen) atoms. The van der Waals surface area contributed by atoms with Crippen LogP contribution in [0.15, 0.2) is 151 Å². The van der Waals surface area contributed by atoms with Gasteiger partial charge in [-0.1, -0.05) is 152 Å². The number of halogens is 1. The van der Waals surface area contributed by atoms with Gasteiger partial charge in [0.05, 0.1) is 49.8 Å². The first-order valence-electron chi connectivity index (χ1n) is 31.3. The lowest BCUT2D eigenvalue weighted by molar-refractivity contribution is 0.0980. The number of H-pyrrole nitrogens is 1. The van der Waals surface area contributed by atoms with E-state index in [9.17, 15) is 14.4 Å². The first-order valence-corrected chi connectivity index (χ1v) is 32.5. The summed E-state index contributed by atoms with van der Waals surface area (Å²) in [5.74, 6) is -0.128. The molecule has 9 rings (SSSR count). The third kappa shape index (κ3) is 19.3. The monoisotopic (exact) mass is 1210 g/mol. The number of azo groups is 3. The fourth-order valence-electron chi connectivity index (χ4n) is 10.2. The van der Waals surface area contributed by atoms with Crippen molar-refractivity contribution in [1.82, 2.24) is 14.8 Å². The van der Waals surface area contributed by atoms with Crippen molar-refractivity contribution in [3.05, 3.63) is 175 Å². The average Bonchev–Trinajstić information content (AvgIpc) is 1.78. The van der Waals surface area contributed by atoms with Crippen molar-refractivity contribution in [3.63, 3.8) is 0 Å². The van der Waals surface area contributed by atoms with Crippen LogP contribution in [-0.2, 0) is 26.3 Å². The minimum Gasteiger partial charge on any atom is -0.388 e. The summed E-state index contributed by atoms with van der Waals surface area (Å²) in [4.78, 5) is 43.6. The van der Waals surface area contributed by atoms with Crippen LogP contribution in [0.1, 0.15) is 185 Å². The number of aromatic amines is 1. The summed E-state index contributed by atoms with van der Waals surface area (Å²) in [6.45, 7) is 14.6. The number of unbranched alkanes of at least 4 members (excludes halogenated alkanes) is 10. The highest BCUT2D eigenvalue weighted by Gasteiger charge is 2.33. The first-order chi connectivity index (χ1) is 42.4. The Bertz CT molecular complexity index is 3610. The lowest BCUT2D eigenvalue weighted by Crippen LogP contribution is -2.24. The minimum absolute atomic E-state index is 0.0621. The van der Waals surface area contributed by atoms with E-state index < -0.39 is 0 Å². The van der Waals surface area contributed by atoms with Crippen molar-refractivity contribution in [2.45, 2.75) is 157 Å². The number of aryl methyl sites for hydroxylation is 5. The third-order valence-electron chi connectivity index (χ3n) is 15.1.